The predicted octanol–water partition coefficient (Wildman–Crippen LogP) is 0.289. The number of rotatable bonds is 1. The average Bonchev–Trinajstić information content (AvgIpc) is 2.19. The fraction of sp³-hybridized carbons (Fsp3) is 0.125. The zero-order chi connectivity index (χ0) is 11.6. The first kappa shape index (κ1) is 11.6. The molecule has 7 heteroatoms. The van der Waals surface area contributed by atoms with Crippen LogP contribution in [-0.4, -0.2) is 21.8 Å². The Morgan fingerprint density at radius 1 is 1.53 bits per heavy atom. The van der Waals surface area contributed by atoms with Gasteiger partial charge in [0.2, 0.25) is 5.91 Å². The number of anilines is 1. The first-order chi connectivity index (χ1) is 6.93. The van der Waals surface area contributed by atoms with Gasteiger partial charge in [-0.3, -0.25) is 9.59 Å². The lowest BCUT2D eigenvalue weighted by Gasteiger charge is -2.13. The maximum atomic E-state index is 11.6. The molecule has 80 valence electrons. The van der Waals surface area contributed by atoms with Crippen LogP contribution in [-0.2, 0) is 4.79 Å². The number of hydrogen-bond acceptors (Lipinski definition) is 5. The van der Waals surface area contributed by atoms with E-state index in [1.54, 1.807) is 0 Å². The molecule has 0 fully saturated rings. The third kappa shape index (κ3) is 2.51. The molecular weight excluding hydrogens is 264 g/mol. The molecule has 0 radical (unpaired) electrons. The average molecular weight is 273 g/mol. The van der Waals surface area contributed by atoms with Crippen molar-refractivity contribution in [2.24, 2.45) is 5.84 Å². The number of pyridine rings is 1. The van der Waals surface area contributed by atoms with Crippen molar-refractivity contribution in [1.82, 2.24) is 9.99 Å². The molecule has 0 bridgehead atoms. The van der Waals surface area contributed by atoms with E-state index in [1.807, 2.05) is 0 Å². The summed E-state index contributed by atoms with van der Waals surface area (Å²) in [4.78, 5) is 26.2. The summed E-state index contributed by atoms with van der Waals surface area (Å²) < 4.78 is 0.581. The van der Waals surface area contributed by atoms with Crippen LogP contribution in [0.1, 0.15) is 17.3 Å². The summed E-state index contributed by atoms with van der Waals surface area (Å²) in [5, 5.41) is 0.486. The smallest absolute Gasteiger partial charge is 0.278 e. The van der Waals surface area contributed by atoms with Gasteiger partial charge in [0, 0.05) is 17.6 Å². The van der Waals surface area contributed by atoms with Gasteiger partial charge in [0.1, 0.15) is 5.82 Å². The lowest BCUT2D eigenvalue weighted by atomic mass is 10.2. The molecule has 4 N–H and O–H groups in total. The Balaban J connectivity index is 3.11. The number of nitrogens with zero attached hydrogens (tertiary/aromatic N) is 2. The van der Waals surface area contributed by atoms with Crippen LogP contribution < -0.4 is 11.6 Å². The summed E-state index contributed by atoms with van der Waals surface area (Å²) in [7, 11) is 0. The first-order valence-electron chi connectivity index (χ1n) is 3.94. The van der Waals surface area contributed by atoms with Crippen molar-refractivity contribution in [2.75, 3.05) is 5.73 Å². The monoisotopic (exact) mass is 272 g/mol. The molecule has 0 saturated carbocycles. The molecule has 1 aromatic rings. The first-order valence-corrected chi connectivity index (χ1v) is 4.73. The second-order valence-corrected chi connectivity index (χ2v) is 3.70. The van der Waals surface area contributed by atoms with E-state index in [9.17, 15) is 9.59 Å². The van der Waals surface area contributed by atoms with Crippen molar-refractivity contribution < 1.29 is 9.59 Å². The highest BCUT2D eigenvalue weighted by Crippen LogP contribution is 2.16. The van der Waals surface area contributed by atoms with Gasteiger partial charge in [0.25, 0.3) is 5.91 Å². The van der Waals surface area contributed by atoms with Gasteiger partial charge in [-0.25, -0.2) is 15.8 Å². The van der Waals surface area contributed by atoms with Crippen molar-refractivity contribution in [2.45, 2.75) is 6.92 Å². The summed E-state index contributed by atoms with van der Waals surface area (Å²) in [6.45, 7) is 1.18. The summed E-state index contributed by atoms with van der Waals surface area (Å²) in [5.74, 6) is 4.02. The summed E-state index contributed by atoms with van der Waals surface area (Å²) in [6, 6.07) is 1.45. The lowest BCUT2D eigenvalue weighted by Crippen LogP contribution is -2.41. The van der Waals surface area contributed by atoms with Gasteiger partial charge >= 0.3 is 0 Å². The Bertz CT molecular complexity index is 421. The summed E-state index contributed by atoms with van der Waals surface area (Å²) >= 11 is 3.14. The van der Waals surface area contributed by atoms with E-state index < -0.39 is 11.8 Å². The molecular formula is C8H9BrN4O2. The maximum Gasteiger partial charge on any atom is 0.278 e. The van der Waals surface area contributed by atoms with Gasteiger partial charge in [-0.1, -0.05) is 0 Å². The van der Waals surface area contributed by atoms with Crippen LogP contribution in [0.5, 0.6) is 0 Å². The number of carbonyl (C=O) groups excluding carboxylic acids is 2. The zero-order valence-corrected chi connectivity index (χ0v) is 9.48. The Hall–Kier alpha value is -1.47. The largest absolute Gasteiger partial charge is 0.383 e. The van der Waals surface area contributed by atoms with Crippen LogP contribution in [0, 0.1) is 0 Å². The highest BCUT2D eigenvalue weighted by molar-refractivity contribution is 9.10. The Kier molecular flexibility index (Phi) is 3.38. The number of hydrazine groups is 1. The quantitative estimate of drug-likeness (QED) is 0.435. The Labute approximate surface area is 94.3 Å². The van der Waals surface area contributed by atoms with Gasteiger partial charge < -0.3 is 5.73 Å². The SMILES string of the molecule is CC(=O)N(N)C(=O)c1cc(Br)cnc1N. The molecule has 0 unspecified atom stereocenters. The predicted molar refractivity (Wildman–Crippen MR) is 57.4 cm³/mol. The van der Waals surface area contributed by atoms with E-state index in [0.29, 0.717) is 9.48 Å². The van der Waals surface area contributed by atoms with Crippen LogP contribution in [0.2, 0.25) is 0 Å². The van der Waals surface area contributed by atoms with E-state index in [-0.39, 0.29) is 11.4 Å². The Morgan fingerprint density at radius 3 is 2.67 bits per heavy atom. The van der Waals surface area contributed by atoms with Crippen molar-refractivity contribution in [3.8, 4) is 0 Å². The third-order valence-electron chi connectivity index (χ3n) is 1.67. The minimum Gasteiger partial charge on any atom is -0.383 e. The normalized spacial score (nSPS) is 9.80. The highest BCUT2D eigenvalue weighted by atomic mass is 79.9. The number of aromatic nitrogens is 1. The van der Waals surface area contributed by atoms with Crippen LogP contribution >= 0.6 is 15.9 Å². The van der Waals surface area contributed by atoms with Gasteiger partial charge in [-0.2, -0.15) is 0 Å². The van der Waals surface area contributed by atoms with Gasteiger partial charge in [0.05, 0.1) is 5.56 Å². The number of amides is 2. The second kappa shape index (κ2) is 4.37. The molecule has 1 aromatic heterocycles. The van der Waals surface area contributed by atoms with Gasteiger partial charge in [0.15, 0.2) is 0 Å². The maximum absolute atomic E-state index is 11.6. The topological polar surface area (TPSA) is 102 Å². The lowest BCUT2D eigenvalue weighted by molar-refractivity contribution is -0.126. The number of nitrogen functional groups attached to an aromatic ring is 1. The molecule has 0 atom stereocenters. The number of hydrogen-bond donors (Lipinski definition) is 2. The third-order valence-corrected chi connectivity index (χ3v) is 2.11. The molecule has 0 aliphatic carbocycles. The van der Waals surface area contributed by atoms with E-state index >= 15 is 0 Å². The second-order valence-electron chi connectivity index (χ2n) is 2.78. The van der Waals surface area contributed by atoms with E-state index in [4.69, 9.17) is 11.6 Å². The molecule has 1 heterocycles. The molecule has 0 spiro atoms. The number of carbonyl (C=O) groups is 2. The standard InChI is InChI=1S/C8H9BrN4O2/c1-4(14)13(11)8(15)6-2-5(9)3-12-7(6)10/h2-3H,11H2,1H3,(H2,10,12). The van der Waals surface area contributed by atoms with Crippen LogP contribution in [0.15, 0.2) is 16.7 Å². The van der Waals surface area contributed by atoms with Crippen molar-refractivity contribution in [1.29, 1.82) is 0 Å². The minimum atomic E-state index is -0.686. The molecule has 6 nitrogen and oxygen atoms in total. The van der Waals surface area contributed by atoms with E-state index in [0.717, 1.165) is 0 Å². The molecule has 2 amide bonds. The van der Waals surface area contributed by atoms with Crippen molar-refractivity contribution in [3.63, 3.8) is 0 Å². The number of imide groups is 1. The van der Waals surface area contributed by atoms with Crippen molar-refractivity contribution >= 4 is 33.6 Å². The Morgan fingerprint density at radius 2 is 2.13 bits per heavy atom. The van der Waals surface area contributed by atoms with E-state index in [2.05, 4.69) is 20.9 Å². The zero-order valence-electron chi connectivity index (χ0n) is 7.90. The molecule has 1 rings (SSSR count). The molecule has 0 saturated heterocycles. The number of halogens is 1. The van der Waals surface area contributed by atoms with Crippen LogP contribution in [0.3, 0.4) is 0 Å². The van der Waals surface area contributed by atoms with E-state index in [1.165, 1.54) is 19.2 Å². The summed E-state index contributed by atoms with van der Waals surface area (Å²) in [5.41, 5.74) is 5.57. The highest BCUT2D eigenvalue weighted by Gasteiger charge is 2.19. The molecule has 0 aliphatic heterocycles. The van der Waals surface area contributed by atoms with Gasteiger partial charge in [-0.15, -0.1) is 0 Å². The molecule has 0 aliphatic rings. The minimum absolute atomic E-state index is 0.0277. The fourth-order valence-electron chi connectivity index (χ4n) is 0.894. The van der Waals surface area contributed by atoms with Gasteiger partial charge in [-0.05, 0) is 22.0 Å². The summed E-state index contributed by atoms with van der Waals surface area (Å²) in [6.07, 6.45) is 1.45. The van der Waals surface area contributed by atoms with Crippen molar-refractivity contribution in [3.05, 3.63) is 22.3 Å². The molecule has 0 aromatic carbocycles. The van der Waals surface area contributed by atoms with Crippen LogP contribution in [0.4, 0.5) is 5.82 Å². The van der Waals surface area contributed by atoms with Crippen LogP contribution in [0.25, 0.3) is 0 Å². The number of nitrogens with two attached hydrogens (primary N) is 2. The molecule has 15 heavy (non-hydrogen) atoms. The fourth-order valence-corrected chi connectivity index (χ4v) is 1.23.